The summed E-state index contributed by atoms with van der Waals surface area (Å²) in [5.41, 5.74) is 1.99. The third-order valence-electron chi connectivity index (χ3n) is 5.36. The van der Waals surface area contributed by atoms with Gasteiger partial charge in [0.1, 0.15) is 5.82 Å². The summed E-state index contributed by atoms with van der Waals surface area (Å²) >= 11 is 18.7. The first-order chi connectivity index (χ1) is 14.9. The van der Waals surface area contributed by atoms with Crippen molar-refractivity contribution in [2.45, 2.75) is 32.4 Å². The topological polar surface area (TPSA) is 71.2 Å². The zero-order chi connectivity index (χ0) is 22.0. The number of pyridine rings is 1. The van der Waals surface area contributed by atoms with Gasteiger partial charge in [0.15, 0.2) is 5.69 Å². The largest absolute Gasteiger partial charge is 0.477 e. The lowest BCUT2D eigenvalue weighted by Crippen LogP contribution is -2.30. The number of rotatable bonds is 6. The Balaban J connectivity index is 1.84. The van der Waals surface area contributed by atoms with E-state index in [4.69, 9.17) is 39.8 Å². The van der Waals surface area contributed by atoms with Crippen LogP contribution in [0.4, 0.5) is 0 Å². The van der Waals surface area contributed by atoms with Gasteiger partial charge in [-0.3, -0.25) is 9.88 Å². The fourth-order valence-electron chi connectivity index (χ4n) is 3.92. The second kappa shape index (κ2) is 9.57. The number of aromatic nitrogens is 3. The predicted octanol–water partition coefficient (Wildman–Crippen LogP) is 5.64. The van der Waals surface area contributed by atoms with E-state index in [1.807, 2.05) is 0 Å². The summed E-state index contributed by atoms with van der Waals surface area (Å²) in [6.07, 6.45) is 6.56. The van der Waals surface area contributed by atoms with Gasteiger partial charge in [-0.25, -0.2) is 9.78 Å². The van der Waals surface area contributed by atoms with Crippen LogP contribution in [-0.4, -0.2) is 43.6 Å². The van der Waals surface area contributed by atoms with Crippen molar-refractivity contribution in [1.29, 1.82) is 0 Å². The fourth-order valence-corrected chi connectivity index (χ4v) is 4.47. The molecule has 0 unspecified atom stereocenters. The zero-order valence-electron chi connectivity index (χ0n) is 16.7. The first-order valence-corrected chi connectivity index (χ1v) is 11.2. The van der Waals surface area contributed by atoms with Gasteiger partial charge in [-0.05, 0) is 55.8 Å². The van der Waals surface area contributed by atoms with Crippen LogP contribution in [0.3, 0.4) is 0 Å². The summed E-state index contributed by atoms with van der Waals surface area (Å²) in [5, 5.41) is 11.6. The molecule has 0 amide bonds. The number of nitrogens with zero attached hydrogens (tertiary/aromatic N) is 4. The fraction of sp³-hybridized carbons (Fsp3) is 0.318. The van der Waals surface area contributed by atoms with Crippen molar-refractivity contribution in [3.63, 3.8) is 0 Å². The number of hydrogen-bond acceptors (Lipinski definition) is 4. The average Bonchev–Trinajstić information content (AvgIpc) is 3.09. The number of halogens is 3. The Morgan fingerprint density at radius 1 is 1.00 bits per heavy atom. The first kappa shape index (κ1) is 22.1. The third-order valence-corrected chi connectivity index (χ3v) is 6.17. The highest BCUT2D eigenvalue weighted by Gasteiger charge is 2.26. The molecule has 2 aromatic heterocycles. The molecule has 162 valence electrons. The normalized spacial score (nSPS) is 14.7. The summed E-state index contributed by atoms with van der Waals surface area (Å²) < 4.78 is 1.66. The van der Waals surface area contributed by atoms with Gasteiger partial charge in [-0.15, -0.1) is 0 Å². The maximum atomic E-state index is 12.4. The molecule has 0 bridgehead atoms. The van der Waals surface area contributed by atoms with Gasteiger partial charge in [0.2, 0.25) is 0 Å². The Kier molecular flexibility index (Phi) is 6.82. The Bertz CT molecular complexity index is 1110. The molecule has 4 rings (SSSR count). The molecule has 1 aliphatic rings. The zero-order valence-corrected chi connectivity index (χ0v) is 19.0. The van der Waals surface area contributed by atoms with Crippen LogP contribution in [0.5, 0.6) is 0 Å². The van der Waals surface area contributed by atoms with Gasteiger partial charge in [-0.1, -0.05) is 41.2 Å². The highest BCUT2D eigenvalue weighted by molar-refractivity contribution is 6.33. The average molecular weight is 480 g/mol. The number of aromatic carboxylic acids is 1. The van der Waals surface area contributed by atoms with E-state index in [-0.39, 0.29) is 12.2 Å². The number of imidazole rings is 1. The molecule has 3 heterocycles. The summed E-state index contributed by atoms with van der Waals surface area (Å²) in [6.45, 7) is 2.54. The van der Waals surface area contributed by atoms with E-state index in [2.05, 4.69) is 9.88 Å². The lowest BCUT2D eigenvalue weighted by molar-refractivity contribution is 0.0682. The van der Waals surface area contributed by atoms with Gasteiger partial charge < -0.3 is 9.67 Å². The van der Waals surface area contributed by atoms with Crippen molar-refractivity contribution in [2.24, 2.45) is 0 Å². The molecular weight excluding hydrogens is 459 g/mol. The third kappa shape index (κ3) is 5.04. The highest BCUT2D eigenvalue weighted by Crippen LogP contribution is 2.29. The maximum Gasteiger partial charge on any atom is 0.354 e. The molecule has 31 heavy (non-hydrogen) atoms. The second-order valence-electron chi connectivity index (χ2n) is 7.59. The molecule has 9 heteroatoms. The van der Waals surface area contributed by atoms with Gasteiger partial charge in [0.05, 0.1) is 17.3 Å². The standard InChI is InChI=1S/C22H21Cl3N4O2/c23-16-4-5-18(25)15(9-16)12-29-20(22(30)31)19(13-28-6-2-1-3-7-28)27-21(29)14-8-17(24)11-26-10-14/h4-5,8-11H,1-3,6-7,12-13H2,(H,30,31). The van der Waals surface area contributed by atoms with Gasteiger partial charge in [-0.2, -0.15) is 0 Å². The molecule has 1 saturated heterocycles. The van der Waals surface area contributed by atoms with Crippen molar-refractivity contribution in [2.75, 3.05) is 13.1 Å². The number of benzene rings is 1. The lowest BCUT2D eigenvalue weighted by atomic mass is 10.1. The molecule has 1 N–H and O–H groups in total. The smallest absolute Gasteiger partial charge is 0.354 e. The van der Waals surface area contributed by atoms with E-state index in [1.54, 1.807) is 35.0 Å². The number of likely N-dealkylation sites (tertiary alicyclic amines) is 1. The van der Waals surface area contributed by atoms with E-state index < -0.39 is 5.97 Å². The first-order valence-electron chi connectivity index (χ1n) is 10.0. The number of hydrogen-bond donors (Lipinski definition) is 1. The summed E-state index contributed by atoms with van der Waals surface area (Å²) in [7, 11) is 0. The molecular formula is C22H21Cl3N4O2. The number of piperidine rings is 1. The summed E-state index contributed by atoms with van der Waals surface area (Å²) in [6, 6.07) is 6.86. The van der Waals surface area contributed by atoms with E-state index in [9.17, 15) is 9.90 Å². The van der Waals surface area contributed by atoms with E-state index >= 15 is 0 Å². The van der Waals surface area contributed by atoms with Crippen LogP contribution in [-0.2, 0) is 13.1 Å². The molecule has 3 aromatic rings. The van der Waals surface area contributed by atoms with Gasteiger partial charge in [0, 0.05) is 34.5 Å². The monoisotopic (exact) mass is 478 g/mol. The Hall–Kier alpha value is -2.12. The summed E-state index contributed by atoms with van der Waals surface area (Å²) in [4.78, 5) is 23.5. The predicted molar refractivity (Wildman–Crippen MR) is 122 cm³/mol. The molecule has 0 saturated carbocycles. The van der Waals surface area contributed by atoms with Crippen LogP contribution in [0.15, 0.2) is 36.7 Å². The van der Waals surface area contributed by atoms with Crippen LogP contribution in [0, 0.1) is 0 Å². The Morgan fingerprint density at radius 3 is 2.48 bits per heavy atom. The Labute approximate surface area is 195 Å². The van der Waals surface area contributed by atoms with E-state index in [0.29, 0.717) is 44.3 Å². The molecule has 0 aliphatic carbocycles. The van der Waals surface area contributed by atoms with Crippen LogP contribution in [0.1, 0.15) is 41.0 Å². The van der Waals surface area contributed by atoms with Gasteiger partial charge in [0.25, 0.3) is 0 Å². The van der Waals surface area contributed by atoms with Crippen LogP contribution in [0.25, 0.3) is 11.4 Å². The summed E-state index contributed by atoms with van der Waals surface area (Å²) in [5.74, 6) is -0.561. The molecule has 0 spiro atoms. The number of carboxylic acids is 1. The van der Waals surface area contributed by atoms with Crippen molar-refractivity contribution in [3.05, 3.63) is 68.7 Å². The maximum absolute atomic E-state index is 12.4. The van der Waals surface area contributed by atoms with Crippen LogP contribution >= 0.6 is 34.8 Å². The van der Waals surface area contributed by atoms with Crippen molar-refractivity contribution >= 4 is 40.8 Å². The quantitative estimate of drug-likeness (QED) is 0.495. The number of carbonyl (C=O) groups is 1. The van der Waals surface area contributed by atoms with Gasteiger partial charge >= 0.3 is 5.97 Å². The second-order valence-corrected chi connectivity index (χ2v) is 8.87. The minimum atomic E-state index is -1.04. The molecule has 0 atom stereocenters. The van der Waals surface area contributed by atoms with Crippen LogP contribution in [0.2, 0.25) is 15.1 Å². The van der Waals surface area contributed by atoms with E-state index in [1.165, 1.54) is 12.6 Å². The number of carboxylic acid groups (broad SMARTS) is 1. The Morgan fingerprint density at radius 2 is 1.77 bits per heavy atom. The van der Waals surface area contributed by atoms with Crippen molar-refractivity contribution < 1.29 is 9.90 Å². The molecule has 1 aromatic carbocycles. The highest BCUT2D eigenvalue weighted by atomic mass is 35.5. The molecule has 6 nitrogen and oxygen atoms in total. The SMILES string of the molecule is O=C(O)c1c(CN2CCCCC2)nc(-c2cncc(Cl)c2)n1Cc1cc(Cl)ccc1Cl. The minimum Gasteiger partial charge on any atom is -0.477 e. The van der Waals surface area contributed by atoms with Crippen molar-refractivity contribution in [1.82, 2.24) is 19.4 Å². The van der Waals surface area contributed by atoms with Crippen LogP contribution < -0.4 is 0 Å². The minimum absolute atomic E-state index is 0.136. The molecule has 1 aliphatic heterocycles. The molecule has 0 radical (unpaired) electrons. The van der Waals surface area contributed by atoms with Crippen molar-refractivity contribution in [3.8, 4) is 11.4 Å². The van der Waals surface area contributed by atoms with E-state index in [0.717, 1.165) is 25.9 Å². The molecule has 1 fully saturated rings. The lowest BCUT2D eigenvalue weighted by Gasteiger charge is -2.25.